The van der Waals surface area contributed by atoms with E-state index in [9.17, 15) is 4.79 Å². The second-order valence-electron chi connectivity index (χ2n) is 5.36. The maximum absolute atomic E-state index is 11.7. The smallest absolute Gasteiger partial charge is 0.251 e. The first-order chi connectivity index (χ1) is 9.10. The predicted molar refractivity (Wildman–Crippen MR) is 78.4 cm³/mol. The van der Waals surface area contributed by atoms with Crippen LogP contribution in [0.25, 0.3) is 0 Å². The molecule has 2 rings (SSSR count). The van der Waals surface area contributed by atoms with Gasteiger partial charge in [-0.2, -0.15) is 0 Å². The van der Waals surface area contributed by atoms with Crippen LogP contribution in [0.2, 0.25) is 0 Å². The normalized spacial score (nSPS) is 22.9. The lowest BCUT2D eigenvalue weighted by Crippen LogP contribution is -2.33. The second-order valence-corrected chi connectivity index (χ2v) is 5.36. The molecule has 1 saturated carbocycles. The van der Waals surface area contributed by atoms with E-state index >= 15 is 0 Å². The molecular weight excluding hydrogens is 238 g/mol. The topological polar surface area (TPSA) is 67.2 Å². The number of carbonyl (C=O) groups is 1. The van der Waals surface area contributed by atoms with Crippen LogP contribution in [0.5, 0.6) is 0 Å². The number of benzene rings is 1. The van der Waals surface area contributed by atoms with E-state index in [1.54, 1.807) is 7.05 Å². The molecule has 0 spiro atoms. The highest BCUT2D eigenvalue weighted by Gasteiger charge is 2.19. The van der Waals surface area contributed by atoms with Crippen molar-refractivity contribution >= 4 is 11.6 Å². The SMILES string of the molecule is CNC(=O)c1ccc(C)c(NC2CCC(N)CC2)c1. The molecule has 0 saturated heterocycles. The standard InChI is InChI=1S/C15H23N3O/c1-10-3-4-11(15(19)17-2)9-14(10)18-13-7-5-12(16)6-8-13/h3-4,9,12-13,18H,5-8,16H2,1-2H3,(H,17,19). The van der Waals surface area contributed by atoms with E-state index < -0.39 is 0 Å². The average Bonchev–Trinajstić information content (AvgIpc) is 2.43. The van der Waals surface area contributed by atoms with Gasteiger partial charge in [-0.05, 0) is 50.3 Å². The van der Waals surface area contributed by atoms with E-state index in [1.165, 1.54) is 5.56 Å². The van der Waals surface area contributed by atoms with E-state index in [1.807, 2.05) is 18.2 Å². The summed E-state index contributed by atoms with van der Waals surface area (Å²) in [6, 6.07) is 6.61. The molecule has 4 nitrogen and oxygen atoms in total. The number of amides is 1. The zero-order valence-electron chi connectivity index (χ0n) is 11.7. The van der Waals surface area contributed by atoms with E-state index in [0.717, 1.165) is 31.4 Å². The number of rotatable bonds is 3. The van der Waals surface area contributed by atoms with Crippen LogP contribution in [-0.4, -0.2) is 25.0 Å². The van der Waals surface area contributed by atoms with Crippen LogP contribution in [0.15, 0.2) is 18.2 Å². The fourth-order valence-electron chi connectivity index (χ4n) is 2.55. The molecule has 0 unspecified atom stereocenters. The lowest BCUT2D eigenvalue weighted by atomic mass is 9.91. The Balaban J connectivity index is 2.08. The van der Waals surface area contributed by atoms with Crippen LogP contribution in [0.4, 0.5) is 5.69 Å². The predicted octanol–water partition coefficient (Wildman–Crippen LogP) is 2.04. The first-order valence-electron chi connectivity index (χ1n) is 6.95. The van der Waals surface area contributed by atoms with Crippen molar-refractivity contribution in [1.29, 1.82) is 0 Å². The Bertz CT molecular complexity index is 451. The van der Waals surface area contributed by atoms with Crippen molar-refractivity contribution in [3.63, 3.8) is 0 Å². The number of anilines is 1. The molecule has 0 aliphatic heterocycles. The van der Waals surface area contributed by atoms with Gasteiger partial charge >= 0.3 is 0 Å². The monoisotopic (exact) mass is 261 g/mol. The summed E-state index contributed by atoms with van der Waals surface area (Å²) >= 11 is 0. The van der Waals surface area contributed by atoms with Crippen molar-refractivity contribution in [2.45, 2.75) is 44.7 Å². The highest BCUT2D eigenvalue weighted by molar-refractivity contribution is 5.95. The Morgan fingerprint density at radius 2 is 1.95 bits per heavy atom. The summed E-state index contributed by atoms with van der Waals surface area (Å²) in [5, 5.41) is 6.21. The quantitative estimate of drug-likeness (QED) is 0.780. The third-order valence-electron chi connectivity index (χ3n) is 3.86. The molecule has 0 radical (unpaired) electrons. The summed E-state index contributed by atoms with van der Waals surface area (Å²) in [7, 11) is 1.65. The number of nitrogens with one attached hydrogen (secondary N) is 2. The molecule has 0 aromatic heterocycles. The first kappa shape index (κ1) is 13.9. The van der Waals surface area contributed by atoms with Gasteiger partial charge in [-0.1, -0.05) is 6.07 Å². The van der Waals surface area contributed by atoms with E-state index in [-0.39, 0.29) is 5.91 Å². The highest BCUT2D eigenvalue weighted by atomic mass is 16.1. The molecule has 19 heavy (non-hydrogen) atoms. The van der Waals surface area contributed by atoms with Crippen LogP contribution in [0.1, 0.15) is 41.6 Å². The molecule has 4 heteroatoms. The molecule has 4 N–H and O–H groups in total. The van der Waals surface area contributed by atoms with Crippen molar-refractivity contribution in [2.24, 2.45) is 5.73 Å². The van der Waals surface area contributed by atoms with Crippen LogP contribution < -0.4 is 16.4 Å². The van der Waals surface area contributed by atoms with Gasteiger partial charge in [0.1, 0.15) is 0 Å². The Labute approximate surface area is 114 Å². The maximum Gasteiger partial charge on any atom is 0.251 e. The minimum Gasteiger partial charge on any atom is -0.382 e. The molecular formula is C15H23N3O. The van der Waals surface area contributed by atoms with Gasteiger partial charge in [-0.25, -0.2) is 0 Å². The molecule has 1 fully saturated rings. The fraction of sp³-hybridized carbons (Fsp3) is 0.533. The Kier molecular flexibility index (Phi) is 4.43. The van der Waals surface area contributed by atoms with Gasteiger partial charge in [0.2, 0.25) is 0 Å². The van der Waals surface area contributed by atoms with E-state index in [0.29, 0.717) is 17.6 Å². The summed E-state index contributed by atoms with van der Waals surface area (Å²) < 4.78 is 0. The number of aryl methyl sites for hydroxylation is 1. The summed E-state index contributed by atoms with van der Waals surface area (Å²) in [6.45, 7) is 2.06. The zero-order valence-corrected chi connectivity index (χ0v) is 11.7. The van der Waals surface area contributed by atoms with Crippen molar-refractivity contribution in [2.75, 3.05) is 12.4 Å². The van der Waals surface area contributed by atoms with Gasteiger partial charge < -0.3 is 16.4 Å². The molecule has 0 bridgehead atoms. The summed E-state index contributed by atoms with van der Waals surface area (Å²) in [4.78, 5) is 11.7. The minimum absolute atomic E-state index is 0.0475. The number of nitrogens with two attached hydrogens (primary N) is 1. The summed E-state index contributed by atoms with van der Waals surface area (Å²) in [5.41, 5.74) is 8.84. The Hall–Kier alpha value is -1.55. The van der Waals surface area contributed by atoms with Gasteiger partial charge in [-0.15, -0.1) is 0 Å². The van der Waals surface area contributed by atoms with Crippen LogP contribution in [0, 0.1) is 6.92 Å². The first-order valence-corrected chi connectivity index (χ1v) is 6.95. The summed E-state index contributed by atoms with van der Waals surface area (Å²) in [5.74, 6) is -0.0475. The molecule has 1 aromatic carbocycles. The van der Waals surface area contributed by atoms with Gasteiger partial charge in [0.15, 0.2) is 0 Å². The van der Waals surface area contributed by atoms with E-state index in [2.05, 4.69) is 17.6 Å². The molecule has 0 atom stereocenters. The third kappa shape index (κ3) is 3.47. The van der Waals surface area contributed by atoms with Crippen molar-refractivity contribution in [3.05, 3.63) is 29.3 Å². The lowest BCUT2D eigenvalue weighted by molar-refractivity contribution is 0.0963. The zero-order chi connectivity index (χ0) is 13.8. The summed E-state index contributed by atoms with van der Waals surface area (Å²) in [6.07, 6.45) is 4.35. The highest BCUT2D eigenvalue weighted by Crippen LogP contribution is 2.24. The van der Waals surface area contributed by atoms with Gasteiger partial charge in [0.05, 0.1) is 0 Å². The molecule has 1 aliphatic carbocycles. The molecule has 0 heterocycles. The number of carbonyl (C=O) groups excluding carboxylic acids is 1. The number of hydrogen-bond acceptors (Lipinski definition) is 3. The molecule has 104 valence electrons. The largest absolute Gasteiger partial charge is 0.382 e. The van der Waals surface area contributed by atoms with E-state index in [4.69, 9.17) is 5.73 Å². The van der Waals surface area contributed by atoms with Crippen LogP contribution >= 0.6 is 0 Å². The molecule has 1 aromatic rings. The molecule has 1 amide bonds. The van der Waals surface area contributed by atoms with Gasteiger partial charge in [-0.3, -0.25) is 4.79 Å². The second kappa shape index (κ2) is 6.06. The number of hydrogen-bond donors (Lipinski definition) is 3. The Morgan fingerprint density at radius 1 is 1.26 bits per heavy atom. The van der Waals surface area contributed by atoms with Gasteiger partial charge in [0.25, 0.3) is 5.91 Å². The maximum atomic E-state index is 11.7. The van der Waals surface area contributed by atoms with Crippen molar-refractivity contribution in [1.82, 2.24) is 5.32 Å². The Morgan fingerprint density at radius 3 is 2.58 bits per heavy atom. The van der Waals surface area contributed by atoms with Crippen molar-refractivity contribution in [3.8, 4) is 0 Å². The lowest BCUT2D eigenvalue weighted by Gasteiger charge is -2.28. The average molecular weight is 261 g/mol. The fourth-order valence-corrected chi connectivity index (χ4v) is 2.55. The third-order valence-corrected chi connectivity index (χ3v) is 3.86. The van der Waals surface area contributed by atoms with Crippen molar-refractivity contribution < 1.29 is 4.79 Å². The van der Waals surface area contributed by atoms with Crippen LogP contribution in [-0.2, 0) is 0 Å². The molecule has 1 aliphatic rings. The minimum atomic E-state index is -0.0475. The van der Waals surface area contributed by atoms with Gasteiger partial charge in [0, 0.05) is 30.4 Å². The van der Waals surface area contributed by atoms with Crippen LogP contribution in [0.3, 0.4) is 0 Å².